The number of aryl methyl sites for hydroxylation is 1. The van der Waals surface area contributed by atoms with Crippen molar-refractivity contribution in [2.75, 3.05) is 0 Å². The van der Waals surface area contributed by atoms with Crippen LogP contribution in [0, 0.1) is 6.92 Å². The van der Waals surface area contributed by atoms with Gasteiger partial charge in [0, 0.05) is 6.04 Å². The van der Waals surface area contributed by atoms with Crippen LogP contribution in [0.3, 0.4) is 0 Å². The molecule has 100 valence electrons. The number of nitrogens with two attached hydrogens (primary N) is 2. The van der Waals surface area contributed by atoms with Crippen molar-refractivity contribution in [3.63, 3.8) is 0 Å². The molecule has 0 saturated carbocycles. The molecule has 0 spiro atoms. The smallest absolute Gasteiger partial charge is 0.320 e. The number of carboxylic acids is 1. The largest absolute Gasteiger partial charge is 0.480 e. The highest BCUT2D eigenvalue weighted by Gasteiger charge is 2.18. The molecule has 1 aromatic rings. The molecule has 2 unspecified atom stereocenters. The summed E-state index contributed by atoms with van der Waals surface area (Å²) in [5, 5.41) is 8.81. The molecular formula is C14H22N2O2. The lowest BCUT2D eigenvalue weighted by molar-refractivity contribution is -0.138. The van der Waals surface area contributed by atoms with Gasteiger partial charge in [0.15, 0.2) is 0 Å². The molecule has 1 rings (SSSR count). The quantitative estimate of drug-likeness (QED) is 0.744. The maximum atomic E-state index is 10.7. The van der Waals surface area contributed by atoms with E-state index in [9.17, 15) is 4.79 Å². The Morgan fingerprint density at radius 2 is 1.94 bits per heavy atom. The molecule has 0 heterocycles. The van der Waals surface area contributed by atoms with Gasteiger partial charge in [0.05, 0.1) is 0 Å². The zero-order valence-corrected chi connectivity index (χ0v) is 11.2. The van der Waals surface area contributed by atoms with Crippen molar-refractivity contribution in [1.82, 2.24) is 0 Å². The van der Waals surface area contributed by atoms with E-state index in [2.05, 4.69) is 26.0 Å². The van der Waals surface area contributed by atoms with Crippen molar-refractivity contribution in [2.24, 2.45) is 11.5 Å². The molecule has 0 amide bonds. The minimum absolute atomic E-state index is 0.248. The van der Waals surface area contributed by atoms with Crippen LogP contribution in [0.1, 0.15) is 48.9 Å². The van der Waals surface area contributed by atoms with Gasteiger partial charge in [-0.15, -0.1) is 0 Å². The molecular weight excluding hydrogens is 228 g/mol. The van der Waals surface area contributed by atoms with Gasteiger partial charge in [-0.1, -0.05) is 32.0 Å². The molecule has 18 heavy (non-hydrogen) atoms. The lowest BCUT2D eigenvalue weighted by Gasteiger charge is -2.19. The molecule has 0 fully saturated rings. The standard InChI is InChI=1S/C14H22N2O2/c1-8(2)10-5-4-9(3)11(6-10)12(15)7-13(16)14(17)18/h4-6,8,12-13H,7,15-16H2,1-3H3,(H,17,18). The SMILES string of the molecule is Cc1ccc(C(C)C)cc1C(N)CC(N)C(=O)O. The minimum Gasteiger partial charge on any atom is -0.480 e. The van der Waals surface area contributed by atoms with E-state index >= 15 is 0 Å². The summed E-state index contributed by atoms with van der Waals surface area (Å²) in [6.07, 6.45) is 0.248. The van der Waals surface area contributed by atoms with Gasteiger partial charge in [-0.05, 0) is 36.0 Å². The Balaban J connectivity index is 2.93. The van der Waals surface area contributed by atoms with Gasteiger partial charge >= 0.3 is 5.97 Å². The van der Waals surface area contributed by atoms with Crippen molar-refractivity contribution in [3.05, 3.63) is 34.9 Å². The number of hydrogen-bond acceptors (Lipinski definition) is 3. The Kier molecular flexibility index (Phi) is 4.87. The predicted molar refractivity (Wildman–Crippen MR) is 72.4 cm³/mol. The van der Waals surface area contributed by atoms with Crippen LogP contribution in [0.25, 0.3) is 0 Å². The van der Waals surface area contributed by atoms with E-state index in [0.29, 0.717) is 5.92 Å². The van der Waals surface area contributed by atoms with Crippen LogP contribution in [0.15, 0.2) is 18.2 Å². The predicted octanol–water partition coefficient (Wildman–Crippen LogP) is 1.92. The van der Waals surface area contributed by atoms with Crippen molar-refractivity contribution < 1.29 is 9.90 Å². The molecule has 0 aromatic heterocycles. The fourth-order valence-electron chi connectivity index (χ4n) is 1.92. The molecule has 0 aliphatic carbocycles. The molecule has 0 saturated heterocycles. The van der Waals surface area contributed by atoms with Crippen LogP contribution in [0.4, 0.5) is 0 Å². The average Bonchev–Trinajstić information content (AvgIpc) is 2.28. The number of aliphatic carboxylic acids is 1. The van der Waals surface area contributed by atoms with E-state index < -0.39 is 12.0 Å². The van der Waals surface area contributed by atoms with Gasteiger partial charge < -0.3 is 16.6 Å². The third-order valence-corrected chi connectivity index (χ3v) is 3.19. The van der Waals surface area contributed by atoms with Gasteiger partial charge in [-0.3, -0.25) is 4.79 Å². The second kappa shape index (κ2) is 5.98. The van der Waals surface area contributed by atoms with Gasteiger partial charge in [0.25, 0.3) is 0 Å². The van der Waals surface area contributed by atoms with Gasteiger partial charge in [0.1, 0.15) is 6.04 Å². The minimum atomic E-state index is -1.01. The van der Waals surface area contributed by atoms with Crippen LogP contribution in [-0.4, -0.2) is 17.1 Å². The Morgan fingerprint density at radius 3 is 2.44 bits per heavy atom. The summed E-state index contributed by atoms with van der Waals surface area (Å²) in [6, 6.07) is 4.90. The number of rotatable bonds is 5. The van der Waals surface area contributed by atoms with E-state index in [4.69, 9.17) is 16.6 Å². The Morgan fingerprint density at radius 1 is 1.33 bits per heavy atom. The highest BCUT2D eigenvalue weighted by Crippen LogP contribution is 2.24. The zero-order valence-electron chi connectivity index (χ0n) is 11.2. The van der Waals surface area contributed by atoms with E-state index in [1.165, 1.54) is 5.56 Å². The second-order valence-electron chi connectivity index (χ2n) is 5.06. The summed E-state index contributed by atoms with van der Waals surface area (Å²) in [5.41, 5.74) is 14.8. The van der Waals surface area contributed by atoms with Crippen molar-refractivity contribution >= 4 is 5.97 Å². The fraction of sp³-hybridized carbons (Fsp3) is 0.500. The third-order valence-electron chi connectivity index (χ3n) is 3.19. The summed E-state index contributed by atoms with van der Waals surface area (Å²) in [7, 11) is 0. The van der Waals surface area contributed by atoms with E-state index in [1.807, 2.05) is 13.0 Å². The molecule has 4 nitrogen and oxygen atoms in total. The molecule has 1 aromatic carbocycles. The molecule has 4 heteroatoms. The number of hydrogen-bond donors (Lipinski definition) is 3. The van der Waals surface area contributed by atoms with Crippen molar-refractivity contribution in [3.8, 4) is 0 Å². The van der Waals surface area contributed by atoms with Crippen LogP contribution in [0.5, 0.6) is 0 Å². The van der Waals surface area contributed by atoms with Crippen LogP contribution in [0.2, 0.25) is 0 Å². The number of carbonyl (C=O) groups is 1. The summed E-state index contributed by atoms with van der Waals surface area (Å²) >= 11 is 0. The monoisotopic (exact) mass is 250 g/mol. The number of benzene rings is 1. The normalized spacial score (nSPS) is 14.6. The maximum absolute atomic E-state index is 10.7. The van der Waals surface area contributed by atoms with Crippen LogP contribution >= 0.6 is 0 Å². The zero-order chi connectivity index (χ0) is 13.9. The van der Waals surface area contributed by atoms with Crippen LogP contribution in [-0.2, 0) is 4.79 Å². The first-order chi connectivity index (χ1) is 8.32. The van der Waals surface area contributed by atoms with Gasteiger partial charge in [0.2, 0.25) is 0 Å². The van der Waals surface area contributed by atoms with Gasteiger partial charge in [-0.2, -0.15) is 0 Å². The Hall–Kier alpha value is -1.39. The molecule has 0 radical (unpaired) electrons. The molecule has 0 bridgehead atoms. The maximum Gasteiger partial charge on any atom is 0.320 e. The fourth-order valence-corrected chi connectivity index (χ4v) is 1.92. The second-order valence-corrected chi connectivity index (χ2v) is 5.06. The highest BCUT2D eigenvalue weighted by molar-refractivity contribution is 5.73. The molecule has 0 aliphatic heterocycles. The first-order valence-corrected chi connectivity index (χ1v) is 6.17. The third kappa shape index (κ3) is 3.55. The highest BCUT2D eigenvalue weighted by atomic mass is 16.4. The topological polar surface area (TPSA) is 89.3 Å². The Bertz CT molecular complexity index is 430. The lowest BCUT2D eigenvalue weighted by Crippen LogP contribution is -2.34. The first-order valence-electron chi connectivity index (χ1n) is 6.17. The van der Waals surface area contributed by atoms with Crippen LogP contribution < -0.4 is 11.5 Å². The summed E-state index contributed by atoms with van der Waals surface area (Å²) in [4.78, 5) is 10.7. The van der Waals surface area contributed by atoms with Gasteiger partial charge in [-0.25, -0.2) is 0 Å². The summed E-state index contributed by atoms with van der Waals surface area (Å²) < 4.78 is 0. The van der Waals surface area contributed by atoms with Crippen molar-refractivity contribution in [2.45, 2.75) is 45.2 Å². The first kappa shape index (κ1) is 14.7. The molecule has 0 aliphatic rings. The van der Waals surface area contributed by atoms with Crippen molar-refractivity contribution in [1.29, 1.82) is 0 Å². The summed E-state index contributed by atoms with van der Waals surface area (Å²) in [6.45, 7) is 6.21. The van der Waals surface area contributed by atoms with E-state index in [1.54, 1.807) is 0 Å². The Labute approximate surface area is 108 Å². The molecule has 5 N–H and O–H groups in total. The summed E-state index contributed by atoms with van der Waals surface area (Å²) in [5.74, 6) is -0.590. The van der Waals surface area contributed by atoms with E-state index in [0.717, 1.165) is 11.1 Å². The average molecular weight is 250 g/mol. The number of carboxylic acid groups (broad SMARTS) is 1. The van der Waals surface area contributed by atoms with E-state index in [-0.39, 0.29) is 12.5 Å². The molecule has 2 atom stereocenters. The lowest BCUT2D eigenvalue weighted by atomic mass is 9.92.